The van der Waals surface area contributed by atoms with Crippen molar-refractivity contribution < 1.29 is 13.6 Å². The second-order valence-electron chi connectivity index (χ2n) is 4.95. The molecule has 8 heteroatoms. The summed E-state index contributed by atoms with van der Waals surface area (Å²) in [7, 11) is -3.63. The topological polar surface area (TPSA) is 108 Å². The molecular formula is C13H20N4O3S. The Kier molecular flexibility index (Phi) is 5.03. The average molecular weight is 312 g/mol. The summed E-state index contributed by atoms with van der Waals surface area (Å²) in [6.07, 6.45) is 3.82. The Balaban J connectivity index is 2.24. The lowest BCUT2D eigenvalue weighted by molar-refractivity contribution is 0.318. The van der Waals surface area contributed by atoms with E-state index in [0.29, 0.717) is 24.3 Å². The van der Waals surface area contributed by atoms with Crippen LogP contribution in [0.3, 0.4) is 0 Å². The van der Waals surface area contributed by atoms with Crippen LogP contribution in [-0.4, -0.2) is 36.9 Å². The molecular weight excluding hydrogens is 292 g/mol. The van der Waals surface area contributed by atoms with E-state index in [4.69, 9.17) is 10.9 Å². The summed E-state index contributed by atoms with van der Waals surface area (Å²) in [6, 6.07) is 6.56. The van der Waals surface area contributed by atoms with Gasteiger partial charge in [-0.3, -0.25) is 4.72 Å². The van der Waals surface area contributed by atoms with Crippen LogP contribution in [0.4, 0.5) is 5.69 Å². The molecule has 1 aromatic carbocycles. The first-order valence-electron chi connectivity index (χ1n) is 6.89. The molecule has 1 aliphatic heterocycles. The number of benzene rings is 1. The molecule has 0 aliphatic carbocycles. The van der Waals surface area contributed by atoms with E-state index in [-0.39, 0.29) is 5.84 Å². The number of oxime groups is 1. The van der Waals surface area contributed by atoms with Crippen LogP contribution in [0.25, 0.3) is 0 Å². The van der Waals surface area contributed by atoms with Gasteiger partial charge >= 0.3 is 10.2 Å². The SMILES string of the molecule is N/C(=N/O)c1ccccc1NS(=O)(=O)N1CCCCCC1. The third-order valence-corrected chi connectivity index (χ3v) is 4.98. The fourth-order valence-electron chi connectivity index (χ4n) is 2.33. The van der Waals surface area contributed by atoms with Gasteiger partial charge in [0.2, 0.25) is 0 Å². The van der Waals surface area contributed by atoms with Crippen LogP contribution in [0.5, 0.6) is 0 Å². The van der Waals surface area contributed by atoms with E-state index in [1.807, 2.05) is 0 Å². The molecule has 0 unspecified atom stereocenters. The van der Waals surface area contributed by atoms with Crippen molar-refractivity contribution in [2.75, 3.05) is 17.8 Å². The normalized spacial score (nSPS) is 18.2. The van der Waals surface area contributed by atoms with Gasteiger partial charge in [0, 0.05) is 18.7 Å². The van der Waals surface area contributed by atoms with Crippen molar-refractivity contribution in [3.05, 3.63) is 29.8 Å². The van der Waals surface area contributed by atoms with Gasteiger partial charge in [-0.1, -0.05) is 30.1 Å². The van der Waals surface area contributed by atoms with Gasteiger partial charge in [-0.25, -0.2) is 0 Å². The van der Waals surface area contributed by atoms with E-state index in [2.05, 4.69) is 9.88 Å². The Morgan fingerprint density at radius 1 is 1.19 bits per heavy atom. The Hall–Kier alpha value is -1.80. The quantitative estimate of drug-likeness (QED) is 0.337. The first-order chi connectivity index (χ1) is 10.0. The molecule has 0 amide bonds. The predicted molar refractivity (Wildman–Crippen MR) is 81.5 cm³/mol. The molecule has 1 fully saturated rings. The fourth-order valence-corrected chi connectivity index (χ4v) is 3.66. The largest absolute Gasteiger partial charge is 0.409 e. The predicted octanol–water partition coefficient (Wildman–Crippen LogP) is 1.31. The lowest BCUT2D eigenvalue weighted by Crippen LogP contribution is -2.37. The maximum absolute atomic E-state index is 12.4. The molecule has 1 aromatic rings. The number of anilines is 1. The molecule has 1 aliphatic rings. The smallest absolute Gasteiger partial charge is 0.301 e. The average Bonchev–Trinajstić information content (AvgIpc) is 2.76. The maximum Gasteiger partial charge on any atom is 0.301 e. The summed E-state index contributed by atoms with van der Waals surface area (Å²) < 4.78 is 28.9. The lowest BCUT2D eigenvalue weighted by Gasteiger charge is -2.21. The molecule has 2 rings (SSSR count). The van der Waals surface area contributed by atoms with Crippen LogP contribution in [0.15, 0.2) is 29.4 Å². The summed E-state index contributed by atoms with van der Waals surface area (Å²) in [5.41, 5.74) is 6.22. The zero-order valence-corrected chi connectivity index (χ0v) is 12.5. The number of nitrogens with one attached hydrogen (secondary N) is 1. The van der Waals surface area contributed by atoms with Crippen molar-refractivity contribution in [1.82, 2.24) is 4.31 Å². The van der Waals surface area contributed by atoms with E-state index in [1.54, 1.807) is 24.3 Å². The second kappa shape index (κ2) is 6.77. The van der Waals surface area contributed by atoms with Gasteiger partial charge in [0.05, 0.1) is 5.69 Å². The monoisotopic (exact) mass is 312 g/mol. The Morgan fingerprint density at radius 3 is 2.43 bits per heavy atom. The maximum atomic E-state index is 12.4. The van der Waals surface area contributed by atoms with Crippen molar-refractivity contribution in [3.63, 3.8) is 0 Å². The van der Waals surface area contributed by atoms with Crippen molar-refractivity contribution in [2.45, 2.75) is 25.7 Å². The number of hydrogen-bond acceptors (Lipinski definition) is 4. The van der Waals surface area contributed by atoms with Gasteiger partial charge in [0.1, 0.15) is 0 Å². The summed E-state index contributed by atoms with van der Waals surface area (Å²) in [4.78, 5) is 0. The number of hydrogen-bond donors (Lipinski definition) is 3. The van der Waals surface area contributed by atoms with Crippen LogP contribution in [0.2, 0.25) is 0 Å². The Morgan fingerprint density at radius 2 is 1.81 bits per heavy atom. The molecule has 21 heavy (non-hydrogen) atoms. The zero-order chi connectivity index (χ0) is 15.3. The van der Waals surface area contributed by atoms with Gasteiger partial charge < -0.3 is 10.9 Å². The fraction of sp³-hybridized carbons (Fsp3) is 0.462. The van der Waals surface area contributed by atoms with E-state index in [0.717, 1.165) is 25.7 Å². The van der Waals surface area contributed by atoms with Gasteiger partial charge in [-0.05, 0) is 25.0 Å². The molecule has 4 N–H and O–H groups in total. The minimum Gasteiger partial charge on any atom is -0.409 e. The van der Waals surface area contributed by atoms with Gasteiger partial charge in [0.25, 0.3) is 0 Å². The molecule has 0 saturated carbocycles. The highest BCUT2D eigenvalue weighted by atomic mass is 32.2. The van der Waals surface area contributed by atoms with Crippen molar-refractivity contribution in [2.24, 2.45) is 10.9 Å². The Bertz CT molecular complexity index is 608. The molecule has 1 heterocycles. The van der Waals surface area contributed by atoms with E-state index >= 15 is 0 Å². The number of rotatable bonds is 4. The van der Waals surface area contributed by atoms with Crippen LogP contribution in [-0.2, 0) is 10.2 Å². The van der Waals surface area contributed by atoms with Gasteiger partial charge in [-0.2, -0.15) is 12.7 Å². The number of nitrogens with two attached hydrogens (primary N) is 1. The number of para-hydroxylation sites is 1. The van der Waals surface area contributed by atoms with Crippen molar-refractivity contribution >= 4 is 21.7 Å². The summed E-state index contributed by atoms with van der Waals surface area (Å²) in [5.74, 6) is -0.135. The second-order valence-corrected chi connectivity index (χ2v) is 6.62. The molecule has 0 atom stereocenters. The lowest BCUT2D eigenvalue weighted by atomic mass is 10.2. The summed E-state index contributed by atoms with van der Waals surface area (Å²) in [6.45, 7) is 1.03. The molecule has 0 bridgehead atoms. The molecule has 1 saturated heterocycles. The van der Waals surface area contributed by atoms with Gasteiger partial charge in [0.15, 0.2) is 5.84 Å². The summed E-state index contributed by atoms with van der Waals surface area (Å²) in [5, 5.41) is 11.7. The van der Waals surface area contributed by atoms with Crippen molar-refractivity contribution in [1.29, 1.82) is 0 Å². The van der Waals surface area contributed by atoms with E-state index < -0.39 is 10.2 Å². The molecule has 0 aromatic heterocycles. The highest BCUT2D eigenvalue weighted by Crippen LogP contribution is 2.19. The van der Waals surface area contributed by atoms with Crippen LogP contribution in [0.1, 0.15) is 31.2 Å². The standard InChI is InChI=1S/C13H20N4O3S/c14-13(15-18)11-7-3-4-8-12(11)16-21(19,20)17-9-5-1-2-6-10-17/h3-4,7-8,16,18H,1-2,5-6,9-10H2,(H2,14,15). The number of nitrogens with zero attached hydrogens (tertiary/aromatic N) is 2. The van der Waals surface area contributed by atoms with E-state index in [1.165, 1.54) is 4.31 Å². The molecule has 7 nitrogen and oxygen atoms in total. The Labute approximate surface area is 124 Å². The molecule has 0 spiro atoms. The van der Waals surface area contributed by atoms with Crippen LogP contribution in [0, 0.1) is 0 Å². The minimum absolute atomic E-state index is 0.135. The third-order valence-electron chi connectivity index (χ3n) is 3.45. The van der Waals surface area contributed by atoms with Crippen molar-refractivity contribution in [3.8, 4) is 0 Å². The van der Waals surface area contributed by atoms with Gasteiger partial charge in [-0.15, -0.1) is 0 Å². The van der Waals surface area contributed by atoms with Crippen LogP contribution >= 0.6 is 0 Å². The highest BCUT2D eigenvalue weighted by Gasteiger charge is 2.24. The summed E-state index contributed by atoms with van der Waals surface area (Å²) >= 11 is 0. The third kappa shape index (κ3) is 3.85. The van der Waals surface area contributed by atoms with E-state index in [9.17, 15) is 8.42 Å². The molecule has 0 radical (unpaired) electrons. The minimum atomic E-state index is -3.63. The van der Waals surface area contributed by atoms with Crippen LogP contribution < -0.4 is 10.5 Å². The molecule has 116 valence electrons. The number of amidine groups is 1. The first kappa shape index (κ1) is 15.6. The first-order valence-corrected chi connectivity index (χ1v) is 8.33. The zero-order valence-electron chi connectivity index (χ0n) is 11.7. The highest BCUT2D eigenvalue weighted by molar-refractivity contribution is 7.90.